The van der Waals surface area contributed by atoms with E-state index in [1.54, 1.807) is 0 Å². The third-order valence-corrected chi connectivity index (χ3v) is 2.65. The number of epoxide rings is 1. The summed E-state index contributed by atoms with van der Waals surface area (Å²) in [7, 11) is 0. The van der Waals surface area contributed by atoms with Gasteiger partial charge in [0, 0.05) is 0 Å². The molecule has 0 saturated carbocycles. The Morgan fingerprint density at radius 3 is 2.64 bits per heavy atom. The maximum absolute atomic E-state index is 9.55. The average molecular weight is 198 g/mol. The maximum atomic E-state index is 9.55. The first-order valence-electron chi connectivity index (χ1n) is 5.76. The Morgan fingerprint density at radius 2 is 2.07 bits per heavy atom. The molecule has 14 heavy (non-hydrogen) atoms. The summed E-state index contributed by atoms with van der Waals surface area (Å²) in [6.45, 7) is 4.20. The van der Waals surface area contributed by atoms with Crippen molar-refractivity contribution >= 4 is 0 Å². The first kappa shape index (κ1) is 11.7. The highest BCUT2D eigenvalue weighted by Gasteiger charge is 2.39. The zero-order valence-electron chi connectivity index (χ0n) is 9.28. The number of aliphatic hydroxyl groups is 1. The van der Waals surface area contributed by atoms with Crippen LogP contribution in [-0.2, 0) is 4.74 Å². The van der Waals surface area contributed by atoms with E-state index in [1.807, 2.05) is 13.0 Å². The molecule has 0 amide bonds. The van der Waals surface area contributed by atoms with Gasteiger partial charge in [-0.05, 0) is 19.8 Å². The van der Waals surface area contributed by atoms with Crippen LogP contribution in [0.4, 0.5) is 0 Å². The van der Waals surface area contributed by atoms with E-state index in [4.69, 9.17) is 4.74 Å². The number of aliphatic hydroxyl groups excluding tert-OH is 1. The van der Waals surface area contributed by atoms with Gasteiger partial charge in [-0.15, -0.1) is 0 Å². The number of allylic oxidation sites excluding steroid dienone is 1. The van der Waals surface area contributed by atoms with Gasteiger partial charge in [-0.25, -0.2) is 0 Å². The number of unbranched alkanes of at least 4 members (excludes halogenated alkanes) is 4. The molecule has 1 fully saturated rings. The van der Waals surface area contributed by atoms with E-state index in [9.17, 15) is 5.11 Å². The van der Waals surface area contributed by atoms with Gasteiger partial charge in [-0.2, -0.15) is 0 Å². The van der Waals surface area contributed by atoms with Crippen molar-refractivity contribution < 1.29 is 9.84 Å². The molecule has 1 rings (SSSR count). The Kier molecular flexibility index (Phi) is 5.20. The molecule has 2 nitrogen and oxygen atoms in total. The predicted octanol–water partition coefficient (Wildman–Crippen LogP) is 2.66. The van der Waals surface area contributed by atoms with Gasteiger partial charge >= 0.3 is 0 Å². The molecule has 1 heterocycles. The lowest BCUT2D eigenvalue weighted by atomic mass is 10.1. The van der Waals surface area contributed by atoms with Gasteiger partial charge in [-0.1, -0.05) is 38.3 Å². The van der Waals surface area contributed by atoms with E-state index in [-0.39, 0.29) is 12.2 Å². The van der Waals surface area contributed by atoms with E-state index in [2.05, 4.69) is 13.0 Å². The molecule has 2 heteroatoms. The molecule has 1 saturated heterocycles. The van der Waals surface area contributed by atoms with E-state index >= 15 is 0 Å². The Hall–Kier alpha value is -0.340. The van der Waals surface area contributed by atoms with Crippen LogP contribution < -0.4 is 0 Å². The molecule has 3 atom stereocenters. The Morgan fingerprint density at radius 1 is 1.36 bits per heavy atom. The Bertz CT molecular complexity index is 177. The average Bonchev–Trinajstić information content (AvgIpc) is 2.88. The highest BCUT2D eigenvalue weighted by Crippen LogP contribution is 2.25. The largest absolute Gasteiger partial charge is 0.386 e. The van der Waals surface area contributed by atoms with Crippen molar-refractivity contribution in [3.63, 3.8) is 0 Å². The molecule has 0 aliphatic carbocycles. The third-order valence-electron chi connectivity index (χ3n) is 2.65. The predicted molar refractivity (Wildman–Crippen MR) is 58.2 cm³/mol. The molecule has 0 spiro atoms. The quantitative estimate of drug-likeness (QED) is 0.387. The van der Waals surface area contributed by atoms with Gasteiger partial charge < -0.3 is 9.84 Å². The van der Waals surface area contributed by atoms with Crippen LogP contribution in [-0.4, -0.2) is 23.4 Å². The van der Waals surface area contributed by atoms with Crippen molar-refractivity contribution in [2.45, 2.75) is 64.3 Å². The van der Waals surface area contributed by atoms with Gasteiger partial charge in [0.05, 0.1) is 6.10 Å². The van der Waals surface area contributed by atoms with Crippen LogP contribution in [0.5, 0.6) is 0 Å². The minimum atomic E-state index is -0.392. The highest BCUT2D eigenvalue weighted by molar-refractivity contribution is 5.00. The monoisotopic (exact) mass is 198 g/mol. The van der Waals surface area contributed by atoms with Crippen molar-refractivity contribution in [1.82, 2.24) is 0 Å². The van der Waals surface area contributed by atoms with Crippen LogP contribution in [0.2, 0.25) is 0 Å². The van der Waals surface area contributed by atoms with Gasteiger partial charge in [0.15, 0.2) is 0 Å². The fourth-order valence-electron chi connectivity index (χ4n) is 1.59. The molecule has 0 radical (unpaired) electrons. The smallest absolute Gasteiger partial charge is 0.113 e. The summed E-state index contributed by atoms with van der Waals surface area (Å²) in [6.07, 6.45) is 10.1. The van der Waals surface area contributed by atoms with Crippen molar-refractivity contribution in [3.05, 3.63) is 12.2 Å². The minimum absolute atomic E-state index is 0.0573. The molecule has 1 aliphatic rings. The van der Waals surface area contributed by atoms with Crippen molar-refractivity contribution in [2.75, 3.05) is 0 Å². The second-order valence-corrected chi connectivity index (χ2v) is 4.07. The maximum Gasteiger partial charge on any atom is 0.113 e. The van der Waals surface area contributed by atoms with Crippen LogP contribution in [0.15, 0.2) is 12.2 Å². The van der Waals surface area contributed by atoms with Gasteiger partial charge in [0.25, 0.3) is 0 Å². The standard InChI is InChI=1S/C12H22O2/c1-3-4-5-6-7-8-9-11(13)12-10(2)14-12/h8-13H,3-7H2,1-2H3/b9-8+/t10-,11-,12+/m0/s1. The third kappa shape index (κ3) is 4.25. The van der Waals surface area contributed by atoms with Gasteiger partial charge in [0.2, 0.25) is 0 Å². The molecule has 0 bridgehead atoms. The first-order chi connectivity index (χ1) is 6.75. The summed E-state index contributed by atoms with van der Waals surface area (Å²) >= 11 is 0. The summed E-state index contributed by atoms with van der Waals surface area (Å²) in [5.74, 6) is 0. The lowest BCUT2D eigenvalue weighted by Crippen LogP contribution is -2.12. The van der Waals surface area contributed by atoms with Crippen molar-refractivity contribution in [1.29, 1.82) is 0 Å². The molecule has 1 aliphatic heterocycles. The van der Waals surface area contributed by atoms with Crippen LogP contribution in [0, 0.1) is 0 Å². The summed E-state index contributed by atoms with van der Waals surface area (Å²) in [4.78, 5) is 0. The molecule has 0 aromatic heterocycles. The number of rotatable bonds is 7. The SMILES string of the molecule is CCCCCC/C=C/[C@H](O)[C@@H]1O[C@H]1C. The summed E-state index contributed by atoms with van der Waals surface area (Å²) < 4.78 is 5.17. The van der Waals surface area contributed by atoms with Crippen molar-refractivity contribution in [3.8, 4) is 0 Å². The van der Waals surface area contributed by atoms with E-state index < -0.39 is 6.10 Å². The molecule has 82 valence electrons. The minimum Gasteiger partial charge on any atom is -0.386 e. The van der Waals surface area contributed by atoms with Crippen molar-refractivity contribution in [2.24, 2.45) is 0 Å². The lowest BCUT2D eigenvalue weighted by Gasteiger charge is -1.99. The molecule has 0 aromatic carbocycles. The molecule has 0 unspecified atom stereocenters. The van der Waals surface area contributed by atoms with Crippen LogP contribution in [0.25, 0.3) is 0 Å². The zero-order chi connectivity index (χ0) is 10.4. The summed E-state index contributed by atoms with van der Waals surface area (Å²) in [6, 6.07) is 0. The van der Waals surface area contributed by atoms with Gasteiger partial charge in [-0.3, -0.25) is 0 Å². The van der Waals surface area contributed by atoms with Crippen LogP contribution >= 0.6 is 0 Å². The molecule has 1 N–H and O–H groups in total. The fraction of sp³-hybridized carbons (Fsp3) is 0.833. The number of hydrogen-bond donors (Lipinski definition) is 1. The highest BCUT2D eigenvalue weighted by atomic mass is 16.6. The Balaban J connectivity index is 1.97. The summed E-state index contributed by atoms with van der Waals surface area (Å²) in [5, 5.41) is 9.55. The van der Waals surface area contributed by atoms with Gasteiger partial charge in [0.1, 0.15) is 12.2 Å². The second kappa shape index (κ2) is 6.20. The normalized spacial score (nSPS) is 28.2. The second-order valence-electron chi connectivity index (χ2n) is 4.07. The Labute approximate surface area is 87.0 Å². The lowest BCUT2D eigenvalue weighted by molar-refractivity contribution is 0.177. The first-order valence-corrected chi connectivity index (χ1v) is 5.76. The van der Waals surface area contributed by atoms with Crippen LogP contribution in [0.3, 0.4) is 0 Å². The zero-order valence-corrected chi connectivity index (χ0v) is 9.28. The fourth-order valence-corrected chi connectivity index (χ4v) is 1.59. The topological polar surface area (TPSA) is 32.8 Å². The van der Waals surface area contributed by atoms with E-state index in [0.29, 0.717) is 0 Å². The van der Waals surface area contributed by atoms with E-state index in [0.717, 1.165) is 6.42 Å². The number of hydrogen-bond acceptors (Lipinski definition) is 2. The molecule has 0 aromatic rings. The van der Waals surface area contributed by atoms with E-state index in [1.165, 1.54) is 25.7 Å². The molecular weight excluding hydrogens is 176 g/mol. The van der Waals surface area contributed by atoms with Crippen LogP contribution in [0.1, 0.15) is 46.0 Å². The summed E-state index contributed by atoms with van der Waals surface area (Å²) in [5.41, 5.74) is 0. The molecular formula is C12H22O2. The number of ether oxygens (including phenoxy) is 1.